The molecular formula is C23H30AsN. The Balaban J connectivity index is 0.000000483. The zero-order chi connectivity index (χ0) is 19.1. The van der Waals surface area contributed by atoms with Crippen LogP contribution in [-0.4, -0.2) is 23.1 Å². The van der Waals surface area contributed by atoms with E-state index in [-0.39, 0.29) is 0 Å². The fraction of sp³-hybridized carbons (Fsp3) is 0.261. The number of nitrogens with zero attached hydrogens (tertiary/aromatic N) is 1. The van der Waals surface area contributed by atoms with Crippen molar-refractivity contribution in [3.63, 3.8) is 0 Å². The molecule has 0 bridgehead atoms. The second-order valence-corrected chi connectivity index (χ2v) is 5.56. The summed E-state index contributed by atoms with van der Waals surface area (Å²) in [7, 11) is 0. The van der Waals surface area contributed by atoms with Crippen LogP contribution in [0.4, 0.5) is 5.69 Å². The largest absolute Gasteiger partial charge is 0.0683 e. The van der Waals surface area contributed by atoms with Crippen molar-refractivity contribution in [2.24, 2.45) is 4.99 Å². The van der Waals surface area contributed by atoms with Crippen molar-refractivity contribution in [2.75, 3.05) is 0 Å². The first-order valence-electron chi connectivity index (χ1n) is 8.76. The maximum atomic E-state index is 4.28. The standard InChI is InChI=1S/C13H14AsN.C8H10.C2H6/c1-4-11(9-14)12-6-7-13(15-5-2)10(3)8-12;1-2-8-6-4-3-5-7-8;1-2/h4-9H,1H2,2-3H3;3-7H,2H2,1H3;1-2H3/b11-9+,15-5?;;. The van der Waals surface area contributed by atoms with E-state index in [9.17, 15) is 0 Å². The van der Waals surface area contributed by atoms with Crippen LogP contribution in [0, 0.1) is 6.92 Å². The van der Waals surface area contributed by atoms with Crippen LogP contribution < -0.4 is 0 Å². The molecule has 0 aliphatic carbocycles. The van der Waals surface area contributed by atoms with Gasteiger partial charge in [0.1, 0.15) is 0 Å². The summed E-state index contributed by atoms with van der Waals surface area (Å²) in [5, 5.41) is 0. The summed E-state index contributed by atoms with van der Waals surface area (Å²) in [4.78, 5) is 6.28. The number of hydrogen-bond donors (Lipinski definition) is 0. The van der Waals surface area contributed by atoms with Crippen LogP contribution in [0.2, 0.25) is 0 Å². The summed E-state index contributed by atoms with van der Waals surface area (Å²) in [6.07, 6.45) is 4.81. The number of rotatable bonds is 4. The second-order valence-electron chi connectivity index (χ2n) is 5.02. The van der Waals surface area contributed by atoms with Gasteiger partial charge >= 0.3 is 100 Å². The van der Waals surface area contributed by atoms with Gasteiger partial charge in [-0.05, 0) is 12.0 Å². The van der Waals surface area contributed by atoms with Gasteiger partial charge in [0.15, 0.2) is 0 Å². The van der Waals surface area contributed by atoms with E-state index in [4.69, 9.17) is 0 Å². The molecule has 0 unspecified atom stereocenters. The Morgan fingerprint density at radius 1 is 1.12 bits per heavy atom. The van der Waals surface area contributed by atoms with E-state index < -0.39 is 0 Å². The normalized spacial score (nSPS) is 10.4. The third kappa shape index (κ3) is 8.70. The van der Waals surface area contributed by atoms with E-state index in [1.807, 2.05) is 50.1 Å². The third-order valence-corrected chi connectivity index (χ3v) is 3.99. The van der Waals surface area contributed by atoms with Gasteiger partial charge in [-0.15, -0.1) is 0 Å². The molecule has 2 aromatic carbocycles. The van der Waals surface area contributed by atoms with Crippen LogP contribution in [0.1, 0.15) is 44.4 Å². The zero-order valence-electron chi connectivity index (χ0n) is 16.2. The van der Waals surface area contributed by atoms with Crippen LogP contribution in [0.25, 0.3) is 5.57 Å². The van der Waals surface area contributed by atoms with Gasteiger partial charge in [0.05, 0.1) is 0 Å². The Morgan fingerprint density at radius 3 is 2.16 bits per heavy atom. The predicted octanol–water partition coefficient (Wildman–Crippen LogP) is 6.69. The van der Waals surface area contributed by atoms with Gasteiger partial charge in [0.2, 0.25) is 0 Å². The van der Waals surface area contributed by atoms with Crippen LogP contribution in [0.5, 0.6) is 0 Å². The zero-order valence-corrected chi connectivity index (χ0v) is 18.0. The molecule has 1 nitrogen and oxygen atoms in total. The maximum Gasteiger partial charge on any atom is -0.0307 e. The molecule has 0 amide bonds. The molecule has 0 spiro atoms. The topological polar surface area (TPSA) is 12.4 Å². The molecule has 0 N–H and O–H groups in total. The smallest absolute Gasteiger partial charge is 0.0307 e. The number of hydrogen-bond acceptors (Lipinski definition) is 1. The van der Waals surface area contributed by atoms with E-state index >= 15 is 0 Å². The Kier molecular flexibility index (Phi) is 13.4. The Labute approximate surface area is 163 Å². The number of aryl methyl sites for hydroxylation is 2. The molecule has 0 fully saturated rings. The minimum atomic E-state index is 1.02. The summed E-state index contributed by atoms with van der Waals surface area (Å²) in [5.41, 5.74) is 5.92. The van der Waals surface area contributed by atoms with Crippen molar-refractivity contribution in [3.05, 3.63) is 82.7 Å². The molecule has 0 aliphatic rings. The molecule has 2 radical (unpaired) electrons. The van der Waals surface area contributed by atoms with Gasteiger partial charge in [-0.2, -0.15) is 0 Å². The first-order valence-corrected chi connectivity index (χ1v) is 9.85. The van der Waals surface area contributed by atoms with Crippen molar-refractivity contribution in [1.29, 1.82) is 0 Å². The minimum Gasteiger partial charge on any atom is -0.0683 e. The Bertz CT molecular complexity index is 670. The fourth-order valence-electron chi connectivity index (χ4n) is 2.08. The molecule has 25 heavy (non-hydrogen) atoms. The van der Waals surface area contributed by atoms with Crippen LogP contribution >= 0.6 is 0 Å². The summed E-state index contributed by atoms with van der Waals surface area (Å²) in [6.45, 7) is 13.9. The van der Waals surface area contributed by atoms with Crippen molar-refractivity contribution in [1.82, 2.24) is 0 Å². The quantitative estimate of drug-likeness (QED) is 0.311. The van der Waals surface area contributed by atoms with E-state index in [0.717, 1.165) is 17.7 Å². The minimum absolute atomic E-state index is 1.02. The fourth-order valence-corrected chi connectivity index (χ4v) is 2.61. The number of aliphatic imine (C=N–C) groups is 1. The number of allylic oxidation sites excluding steroid dienone is 2. The Morgan fingerprint density at radius 2 is 1.76 bits per heavy atom. The van der Waals surface area contributed by atoms with Crippen LogP contribution in [0.3, 0.4) is 0 Å². The van der Waals surface area contributed by atoms with Crippen molar-refractivity contribution >= 4 is 34.3 Å². The Hall–Kier alpha value is -1.85. The van der Waals surface area contributed by atoms with Crippen LogP contribution in [0.15, 0.2) is 71.0 Å². The van der Waals surface area contributed by atoms with Crippen LogP contribution in [-0.2, 0) is 6.42 Å². The first-order chi connectivity index (χ1) is 12.2. The molecular weight excluding hydrogens is 365 g/mol. The van der Waals surface area contributed by atoms with Crippen molar-refractivity contribution in [2.45, 2.75) is 41.0 Å². The molecule has 0 atom stereocenters. The van der Waals surface area contributed by atoms with Gasteiger partial charge in [-0.3, -0.25) is 0 Å². The van der Waals surface area contributed by atoms with E-state index in [1.54, 1.807) is 0 Å². The third-order valence-electron chi connectivity index (χ3n) is 3.41. The summed E-state index contributed by atoms with van der Waals surface area (Å²) < 4.78 is 0. The number of benzene rings is 2. The maximum absolute atomic E-state index is 4.28. The molecule has 2 heteroatoms. The molecule has 2 rings (SSSR count). The van der Waals surface area contributed by atoms with Crippen molar-refractivity contribution in [3.8, 4) is 0 Å². The molecule has 0 aliphatic heterocycles. The second kappa shape index (κ2) is 14.5. The summed E-state index contributed by atoms with van der Waals surface area (Å²) in [6, 6.07) is 16.7. The van der Waals surface area contributed by atoms with Gasteiger partial charge in [-0.25, -0.2) is 0 Å². The van der Waals surface area contributed by atoms with E-state index in [2.05, 4.69) is 78.7 Å². The average molecular weight is 395 g/mol. The van der Waals surface area contributed by atoms with E-state index in [1.165, 1.54) is 16.7 Å². The van der Waals surface area contributed by atoms with E-state index in [0.29, 0.717) is 0 Å². The molecule has 0 aromatic heterocycles. The average Bonchev–Trinajstić information content (AvgIpc) is 2.68. The SMILES string of the molecule is C=C/C(=C\[As])c1ccc(N=CC)c(C)c1.CC.CCc1ccccc1. The van der Waals surface area contributed by atoms with Gasteiger partial charge in [-0.1, -0.05) is 51.1 Å². The van der Waals surface area contributed by atoms with Gasteiger partial charge in [0.25, 0.3) is 0 Å². The molecule has 0 saturated heterocycles. The monoisotopic (exact) mass is 395 g/mol. The molecule has 0 saturated carbocycles. The van der Waals surface area contributed by atoms with Crippen molar-refractivity contribution < 1.29 is 0 Å². The van der Waals surface area contributed by atoms with Gasteiger partial charge in [0, 0.05) is 0 Å². The summed E-state index contributed by atoms with van der Waals surface area (Å²) in [5.74, 6) is 0. The van der Waals surface area contributed by atoms with Gasteiger partial charge < -0.3 is 0 Å². The molecule has 132 valence electrons. The molecule has 2 aromatic rings. The molecule has 0 heterocycles. The summed E-state index contributed by atoms with van der Waals surface area (Å²) >= 11 is 2.45. The predicted molar refractivity (Wildman–Crippen MR) is 116 cm³/mol. The first kappa shape index (κ1) is 23.1.